The van der Waals surface area contributed by atoms with Crippen LogP contribution >= 0.6 is 0 Å². The third-order valence-corrected chi connectivity index (χ3v) is 5.43. The van der Waals surface area contributed by atoms with Gasteiger partial charge in [0.05, 0.1) is 12.4 Å². The fraction of sp³-hybridized carbons (Fsp3) is 0.250. The SMILES string of the molecule is N#CC(Cn1ccnc1)(c1ccc(Oc2ccccc2)cc1)C1C=CCCC1. The minimum Gasteiger partial charge on any atom is -0.457 e. The second-order valence-corrected chi connectivity index (χ2v) is 7.22. The number of nitriles is 1. The lowest BCUT2D eigenvalue weighted by Crippen LogP contribution is -2.38. The molecular weight excluding hydrogens is 346 g/mol. The molecule has 4 rings (SSSR count). The molecule has 0 radical (unpaired) electrons. The number of hydrogen-bond acceptors (Lipinski definition) is 3. The first-order chi connectivity index (χ1) is 13.8. The van der Waals surface area contributed by atoms with Crippen LogP contribution in [0.15, 0.2) is 85.5 Å². The first-order valence-electron chi connectivity index (χ1n) is 9.67. The lowest BCUT2D eigenvalue weighted by Gasteiger charge is -2.35. The smallest absolute Gasteiger partial charge is 0.127 e. The Hall–Kier alpha value is -3.32. The highest BCUT2D eigenvalue weighted by atomic mass is 16.5. The maximum absolute atomic E-state index is 10.3. The Labute approximate surface area is 165 Å². The highest BCUT2D eigenvalue weighted by Gasteiger charge is 2.40. The van der Waals surface area contributed by atoms with Crippen LogP contribution in [0.25, 0.3) is 0 Å². The second kappa shape index (κ2) is 8.14. The first-order valence-corrected chi connectivity index (χ1v) is 9.67. The van der Waals surface area contributed by atoms with Crippen LogP contribution in [0, 0.1) is 17.2 Å². The molecule has 1 aliphatic carbocycles. The molecule has 0 N–H and O–H groups in total. The first kappa shape index (κ1) is 18.1. The predicted octanol–water partition coefficient (Wildman–Crippen LogP) is 5.49. The molecule has 1 heterocycles. The van der Waals surface area contributed by atoms with E-state index in [0.29, 0.717) is 6.54 Å². The summed E-state index contributed by atoms with van der Waals surface area (Å²) in [6.07, 6.45) is 13.1. The number of benzene rings is 2. The molecule has 0 bridgehead atoms. The summed E-state index contributed by atoms with van der Waals surface area (Å²) in [5.74, 6) is 1.74. The molecule has 2 aromatic carbocycles. The van der Waals surface area contributed by atoms with Crippen molar-refractivity contribution in [2.45, 2.75) is 31.2 Å². The topological polar surface area (TPSA) is 50.8 Å². The summed E-state index contributed by atoms with van der Waals surface area (Å²) < 4.78 is 7.92. The fourth-order valence-corrected chi connectivity index (χ4v) is 3.94. The van der Waals surface area contributed by atoms with Gasteiger partial charge in [0, 0.05) is 24.9 Å². The van der Waals surface area contributed by atoms with Crippen LogP contribution in [0.2, 0.25) is 0 Å². The number of nitrogens with zero attached hydrogens (tertiary/aromatic N) is 3. The summed E-state index contributed by atoms with van der Waals surface area (Å²) in [7, 11) is 0. The van der Waals surface area contributed by atoms with Gasteiger partial charge >= 0.3 is 0 Å². The summed E-state index contributed by atoms with van der Waals surface area (Å²) in [5, 5.41) is 10.3. The van der Waals surface area contributed by atoms with Gasteiger partial charge in [-0.25, -0.2) is 4.98 Å². The summed E-state index contributed by atoms with van der Waals surface area (Å²) in [5.41, 5.74) is 0.378. The highest BCUT2D eigenvalue weighted by Crippen LogP contribution is 2.40. The van der Waals surface area contributed by atoms with E-state index in [4.69, 9.17) is 4.74 Å². The molecule has 28 heavy (non-hydrogen) atoms. The Morgan fingerprint density at radius 1 is 1.11 bits per heavy atom. The molecule has 0 fully saturated rings. The molecule has 0 saturated heterocycles. The average molecular weight is 369 g/mol. The number of rotatable bonds is 6. The maximum atomic E-state index is 10.3. The fourth-order valence-electron chi connectivity index (χ4n) is 3.94. The zero-order valence-electron chi connectivity index (χ0n) is 15.7. The van der Waals surface area contributed by atoms with E-state index < -0.39 is 5.41 Å². The van der Waals surface area contributed by atoms with Crippen molar-refractivity contribution < 1.29 is 4.74 Å². The molecular formula is C24H23N3O. The number of allylic oxidation sites excluding steroid dienone is 2. The van der Waals surface area contributed by atoms with Crippen LogP contribution in [-0.2, 0) is 12.0 Å². The van der Waals surface area contributed by atoms with E-state index in [0.717, 1.165) is 36.3 Å². The lowest BCUT2D eigenvalue weighted by atomic mass is 9.68. The Morgan fingerprint density at radius 3 is 2.54 bits per heavy atom. The Bertz CT molecular complexity index is 955. The van der Waals surface area contributed by atoms with E-state index in [-0.39, 0.29) is 5.92 Å². The lowest BCUT2D eigenvalue weighted by molar-refractivity contribution is 0.322. The number of imidazole rings is 1. The molecule has 3 aromatic rings. The van der Waals surface area contributed by atoms with E-state index in [1.807, 2.05) is 65.4 Å². The monoisotopic (exact) mass is 369 g/mol. The van der Waals surface area contributed by atoms with Gasteiger partial charge in [0.1, 0.15) is 16.9 Å². The normalized spacial score (nSPS) is 18.2. The Morgan fingerprint density at radius 2 is 1.89 bits per heavy atom. The summed E-state index contributed by atoms with van der Waals surface area (Å²) in [6.45, 7) is 0.581. The average Bonchev–Trinajstić information content (AvgIpc) is 3.27. The van der Waals surface area contributed by atoms with Gasteiger partial charge in [-0.3, -0.25) is 0 Å². The van der Waals surface area contributed by atoms with Crippen molar-refractivity contribution in [3.63, 3.8) is 0 Å². The molecule has 0 saturated carbocycles. The molecule has 0 aliphatic heterocycles. The molecule has 1 aromatic heterocycles. The summed E-state index contributed by atoms with van der Waals surface area (Å²) in [4.78, 5) is 4.16. The zero-order chi connectivity index (χ0) is 19.2. The summed E-state index contributed by atoms with van der Waals surface area (Å²) >= 11 is 0. The van der Waals surface area contributed by atoms with Gasteiger partial charge in [-0.15, -0.1) is 0 Å². The van der Waals surface area contributed by atoms with Crippen LogP contribution < -0.4 is 4.74 Å². The van der Waals surface area contributed by atoms with Gasteiger partial charge in [0.25, 0.3) is 0 Å². The third kappa shape index (κ3) is 3.70. The molecule has 2 unspecified atom stereocenters. The van der Waals surface area contributed by atoms with E-state index in [1.165, 1.54) is 0 Å². The number of ether oxygens (including phenoxy) is 1. The largest absolute Gasteiger partial charge is 0.457 e. The highest BCUT2D eigenvalue weighted by molar-refractivity contribution is 5.40. The molecule has 4 heteroatoms. The molecule has 0 amide bonds. The summed E-state index contributed by atoms with van der Waals surface area (Å²) in [6, 6.07) is 20.4. The third-order valence-electron chi connectivity index (χ3n) is 5.43. The van der Waals surface area contributed by atoms with Gasteiger partial charge in [0.2, 0.25) is 0 Å². The Balaban J connectivity index is 1.66. The quantitative estimate of drug-likeness (QED) is 0.540. The van der Waals surface area contributed by atoms with Crippen molar-refractivity contribution in [1.29, 1.82) is 5.26 Å². The standard InChI is InChI=1S/C24H23N3O/c25-17-24(18-27-16-15-26-19-27,20-7-3-1-4-8-20)21-11-13-23(14-12-21)28-22-9-5-2-6-10-22/h2-3,5-7,9-16,19-20H,1,4,8,18H2. The predicted molar refractivity (Wildman–Crippen MR) is 109 cm³/mol. The number of para-hydroxylation sites is 1. The van der Waals surface area contributed by atoms with Crippen LogP contribution in [0.3, 0.4) is 0 Å². The van der Waals surface area contributed by atoms with Crippen molar-refractivity contribution >= 4 is 0 Å². The van der Waals surface area contributed by atoms with Crippen molar-refractivity contribution in [2.75, 3.05) is 0 Å². The van der Waals surface area contributed by atoms with Gasteiger partial charge in [-0.2, -0.15) is 5.26 Å². The van der Waals surface area contributed by atoms with Crippen LogP contribution in [-0.4, -0.2) is 9.55 Å². The zero-order valence-corrected chi connectivity index (χ0v) is 15.7. The van der Waals surface area contributed by atoms with Crippen molar-refractivity contribution in [3.05, 3.63) is 91.0 Å². The second-order valence-electron chi connectivity index (χ2n) is 7.22. The molecule has 2 atom stereocenters. The van der Waals surface area contributed by atoms with Gasteiger partial charge in [-0.1, -0.05) is 42.5 Å². The molecule has 0 spiro atoms. The Kier molecular flexibility index (Phi) is 5.25. The van der Waals surface area contributed by atoms with Gasteiger partial charge in [0.15, 0.2) is 0 Å². The molecule has 1 aliphatic rings. The van der Waals surface area contributed by atoms with E-state index in [1.54, 1.807) is 12.5 Å². The maximum Gasteiger partial charge on any atom is 0.127 e. The molecule has 140 valence electrons. The number of aromatic nitrogens is 2. The van der Waals surface area contributed by atoms with Gasteiger partial charge in [-0.05, 0) is 49.1 Å². The minimum atomic E-state index is -0.636. The van der Waals surface area contributed by atoms with Crippen LogP contribution in [0.4, 0.5) is 0 Å². The minimum absolute atomic E-state index is 0.176. The van der Waals surface area contributed by atoms with Crippen LogP contribution in [0.1, 0.15) is 24.8 Å². The van der Waals surface area contributed by atoms with E-state index in [9.17, 15) is 5.26 Å². The van der Waals surface area contributed by atoms with Gasteiger partial charge < -0.3 is 9.30 Å². The van der Waals surface area contributed by atoms with Crippen LogP contribution in [0.5, 0.6) is 11.5 Å². The van der Waals surface area contributed by atoms with E-state index in [2.05, 4.69) is 23.2 Å². The van der Waals surface area contributed by atoms with Crippen molar-refractivity contribution in [1.82, 2.24) is 9.55 Å². The van der Waals surface area contributed by atoms with Crippen molar-refractivity contribution in [2.24, 2.45) is 5.92 Å². The molecule has 4 nitrogen and oxygen atoms in total. The van der Waals surface area contributed by atoms with Crippen molar-refractivity contribution in [3.8, 4) is 17.6 Å². The number of hydrogen-bond donors (Lipinski definition) is 0. The van der Waals surface area contributed by atoms with E-state index >= 15 is 0 Å².